The largest absolute Gasteiger partial charge is 0.346 e. The Labute approximate surface area is 98.8 Å². The summed E-state index contributed by atoms with van der Waals surface area (Å²) in [5, 5.41) is 5.55. The van der Waals surface area contributed by atoms with Crippen molar-refractivity contribution in [2.75, 3.05) is 13.6 Å². The number of rotatable bonds is 3. The lowest BCUT2D eigenvalue weighted by Gasteiger charge is -2.05. The van der Waals surface area contributed by atoms with Gasteiger partial charge in [0.2, 0.25) is 0 Å². The summed E-state index contributed by atoms with van der Waals surface area (Å²) in [6.45, 7) is 1.84. The smallest absolute Gasteiger partial charge is 0.0514 e. The molecule has 1 N–H and O–H groups in total. The van der Waals surface area contributed by atoms with Crippen LogP contribution in [0.25, 0.3) is 10.9 Å². The van der Waals surface area contributed by atoms with Crippen LogP contribution in [0.4, 0.5) is 0 Å². The Hall–Kier alpha value is -0.700. The maximum absolute atomic E-state index is 6.10. The summed E-state index contributed by atoms with van der Waals surface area (Å²) in [6.07, 6.45) is 2.03. The second-order valence-corrected chi connectivity index (χ2v) is 4.28. The van der Waals surface area contributed by atoms with Gasteiger partial charge in [-0.1, -0.05) is 23.2 Å². The molecule has 0 aliphatic rings. The fraction of sp³-hybridized carbons (Fsp3) is 0.273. The van der Waals surface area contributed by atoms with Crippen molar-refractivity contribution >= 4 is 34.1 Å². The van der Waals surface area contributed by atoms with Crippen LogP contribution >= 0.6 is 23.2 Å². The topological polar surface area (TPSA) is 17.0 Å². The van der Waals surface area contributed by atoms with E-state index in [1.807, 2.05) is 25.4 Å². The summed E-state index contributed by atoms with van der Waals surface area (Å²) in [6, 6.07) is 5.73. The van der Waals surface area contributed by atoms with Crippen molar-refractivity contribution in [1.82, 2.24) is 9.88 Å². The van der Waals surface area contributed by atoms with Crippen molar-refractivity contribution < 1.29 is 0 Å². The second-order valence-electron chi connectivity index (χ2n) is 3.43. The third kappa shape index (κ3) is 2.12. The Balaban J connectivity index is 2.49. The number of likely N-dealkylation sites (N-methyl/N-ethyl adjacent to an activating group) is 1. The summed E-state index contributed by atoms with van der Waals surface area (Å²) in [7, 11) is 1.94. The molecule has 0 aliphatic heterocycles. The molecule has 1 aromatic carbocycles. The Bertz CT molecular complexity index is 477. The molecule has 0 radical (unpaired) electrons. The lowest BCUT2D eigenvalue weighted by Crippen LogP contribution is -2.14. The zero-order valence-electron chi connectivity index (χ0n) is 8.43. The Kier molecular flexibility index (Phi) is 3.19. The first-order valence-corrected chi connectivity index (χ1v) is 5.56. The van der Waals surface area contributed by atoms with Crippen molar-refractivity contribution in [1.29, 1.82) is 0 Å². The van der Waals surface area contributed by atoms with E-state index in [9.17, 15) is 0 Å². The van der Waals surface area contributed by atoms with E-state index in [1.54, 1.807) is 6.07 Å². The number of benzene rings is 1. The van der Waals surface area contributed by atoms with E-state index in [0.717, 1.165) is 24.0 Å². The highest BCUT2D eigenvalue weighted by atomic mass is 35.5. The molecule has 0 bridgehead atoms. The molecule has 2 rings (SSSR count). The van der Waals surface area contributed by atoms with Crippen LogP contribution in [0.5, 0.6) is 0 Å². The molecule has 0 saturated heterocycles. The van der Waals surface area contributed by atoms with Gasteiger partial charge in [-0.05, 0) is 25.2 Å². The van der Waals surface area contributed by atoms with Crippen molar-refractivity contribution in [3.05, 3.63) is 34.4 Å². The monoisotopic (exact) mass is 242 g/mol. The number of fused-ring (bicyclic) bond motifs is 1. The number of hydrogen-bond acceptors (Lipinski definition) is 1. The minimum Gasteiger partial charge on any atom is -0.346 e. The molecule has 2 aromatic rings. The fourth-order valence-electron chi connectivity index (χ4n) is 1.65. The molecule has 0 fully saturated rings. The summed E-state index contributed by atoms with van der Waals surface area (Å²) in [5.41, 5.74) is 1.09. The average Bonchev–Trinajstić information content (AvgIpc) is 2.58. The summed E-state index contributed by atoms with van der Waals surface area (Å²) < 4.78 is 2.14. The van der Waals surface area contributed by atoms with Crippen LogP contribution in [0.15, 0.2) is 24.4 Å². The predicted molar refractivity (Wildman–Crippen MR) is 65.9 cm³/mol. The molecule has 0 unspecified atom stereocenters. The van der Waals surface area contributed by atoms with Crippen LogP contribution in [-0.2, 0) is 6.54 Å². The van der Waals surface area contributed by atoms with Crippen LogP contribution in [0.2, 0.25) is 10.0 Å². The van der Waals surface area contributed by atoms with Crippen LogP contribution in [0.1, 0.15) is 0 Å². The van der Waals surface area contributed by atoms with E-state index >= 15 is 0 Å². The lowest BCUT2D eigenvalue weighted by molar-refractivity contribution is 0.662. The van der Waals surface area contributed by atoms with E-state index in [0.29, 0.717) is 10.0 Å². The Morgan fingerprint density at radius 2 is 2.13 bits per heavy atom. The highest BCUT2D eigenvalue weighted by molar-refractivity contribution is 6.38. The standard InChI is InChI=1S/C11H12Cl2N2/c1-14-3-5-15-4-2-9-10(13)6-8(12)7-11(9)15/h2,4,6-7,14H,3,5H2,1H3. The Morgan fingerprint density at radius 1 is 1.33 bits per heavy atom. The maximum Gasteiger partial charge on any atom is 0.0514 e. The highest BCUT2D eigenvalue weighted by Gasteiger charge is 2.05. The molecular formula is C11H12Cl2N2. The molecule has 0 aliphatic carbocycles. The summed E-state index contributed by atoms with van der Waals surface area (Å²) in [5.74, 6) is 0. The van der Waals surface area contributed by atoms with E-state index in [4.69, 9.17) is 23.2 Å². The number of aromatic nitrogens is 1. The third-order valence-electron chi connectivity index (χ3n) is 2.41. The second kappa shape index (κ2) is 4.44. The summed E-state index contributed by atoms with van der Waals surface area (Å²) in [4.78, 5) is 0. The first-order valence-electron chi connectivity index (χ1n) is 4.81. The van der Waals surface area contributed by atoms with Crippen molar-refractivity contribution in [2.24, 2.45) is 0 Å². The molecule has 15 heavy (non-hydrogen) atoms. The Morgan fingerprint density at radius 3 is 2.87 bits per heavy atom. The zero-order chi connectivity index (χ0) is 10.8. The van der Waals surface area contributed by atoms with Gasteiger partial charge in [-0.15, -0.1) is 0 Å². The molecule has 0 saturated carbocycles. The van der Waals surface area contributed by atoms with Gasteiger partial charge in [-0.25, -0.2) is 0 Å². The zero-order valence-corrected chi connectivity index (χ0v) is 9.94. The fourth-order valence-corrected chi connectivity index (χ4v) is 2.19. The summed E-state index contributed by atoms with van der Waals surface area (Å²) >= 11 is 12.1. The SMILES string of the molecule is CNCCn1ccc2c(Cl)cc(Cl)cc21. The van der Waals surface area contributed by atoms with Crippen molar-refractivity contribution in [3.63, 3.8) is 0 Å². The van der Waals surface area contributed by atoms with Gasteiger partial charge in [0.25, 0.3) is 0 Å². The van der Waals surface area contributed by atoms with Crippen molar-refractivity contribution in [3.8, 4) is 0 Å². The van der Waals surface area contributed by atoms with Crippen LogP contribution < -0.4 is 5.32 Å². The van der Waals surface area contributed by atoms with Crippen LogP contribution in [-0.4, -0.2) is 18.2 Å². The number of nitrogens with zero attached hydrogens (tertiary/aromatic N) is 1. The number of halogens is 2. The molecule has 1 aromatic heterocycles. The molecule has 80 valence electrons. The minimum atomic E-state index is 0.678. The van der Waals surface area contributed by atoms with E-state index in [2.05, 4.69) is 9.88 Å². The van der Waals surface area contributed by atoms with Gasteiger partial charge in [-0.3, -0.25) is 0 Å². The van der Waals surface area contributed by atoms with Crippen molar-refractivity contribution in [2.45, 2.75) is 6.54 Å². The van der Waals surface area contributed by atoms with Gasteiger partial charge in [0.1, 0.15) is 0 Å². The lowest BCUT2D eigenvalue weighted by atomic mass is 10.2. The molecule has 4 heteroatoms. The minimum absolute atomic E-state index is 0.678. The normalized spacial score (nSPS) is 11.1. The molecule has 1 heterocycles. The highest BCUT2D eigenvalue weighted by Crippen LogP contribution is 2.28. The maximum atomic E-state index is 6.10. The van der Waals surface area contributed by atoms with E-state index < -0.39 is 0 Å². The van der Waals surface area contributed by atoms with E-state index in [-0.39, 0.29) is 0 Å². The number of nitrogens with one attached hydrogen (secondary N) is 1. The average molecular weight is 243 g/mol. The van der Waals surface area contributed by atoms with Crippen LogP contribution in [0.3, 0.4) is 0 Å². The molecule has 0 spiro atoms. The molecule has 0 atom stereocenters. The van der Waals surface area contributed by atoms with Gasteiger partial charge in [0, 0.05) is 29.7 Å². The molecule has 0 amide bonds. The van der Waals surface area contributed by atoms with Crippen LogP contribution in [0, 0.1) is 0 Å². The predicted octanol–water partition coefficient (Wildman–Crippen LogP) is 3.17. The van der Waals surface area contributed by atoms with Gasteiger partial charge in [0.15, 0.2) is 0 Å². The molecule has 2 nitrogen and oxygen atoms in total. The van der Waals surface area contributed by atoms with Gasteiger partial charge in [-0.2, -0.15) is 0 Å². The van der Waals surface area contributed by atoms with Gasteiger partial charge in [0.05, 0.1) is 10.5 Å². The number of hydrogen-bond donors (Lipinski definition) is 1. The van der Waals surface area contributed by atoms with Gasteiger partial charge < -0.3 is 9.88 Å². The quantitative estimate of drug-likeness (QED) is 0.876. The third-order valence-corrected chi connectivity index (χ3v) is 2.94. The first kappa shape index (κ1) is 10.8. The van der Waals surface area contributed by atoms with E-state index in [1.165, 1.54) is 0 Å². The van der Waals surface area contributed by atoms with Gasteiger partial charge >= 0.3 is 0 Å². The molecular weight excluding hydrogens is 231 g/mol. The first-order chi connectivity index (χ1) is 7.22.